The summed E-state index contributed by atoms with van der Waals surface area (Å²) in [6, 6.07) is -0.403. The highest BCUT2D eigenvalue weighted by molar-refractivity contribution is 5.99. The Morgan fingerprint density at radius 3 is 2.83 bits per heavy atom. The van der Waals surface area contributed by atoms with Crippen molar-refractivity contribution in [3.8, 4) is 0 Å². The number of amides is 2. The topological polar surface area (TPSA) is 75.4 Å². The third-order valence-corrected chi connectivity index (χ3v) is 3.23. The molecule has 1 aliphatic rings. The number of nitrogens with zero attached hydrogens (tertiary/aromatic N) is 2. The average molecular weight is 251 g/mol. The number of hydrogen-bond acceptors (Lipinski definition) is 4. The first-order valence-electron chi connectivity index (χ1n) is 6.07. The highest BCUT2D eigenvalue weighted by atomic mass is 16.5. The minimum atomic E-state index is -0.403. The first kappa shape index (κ1) is 12.6. The number of nitrogens with one attached hydrogen (secondary N) is 1. The highest BCUT2D eigenvalue weighted by Gasteiger charge is 2.34. The maximum atomic E-state index is 12.5. The van der Waals surface area contributed by atoms with E-state index in [1.54, 1.807) is 18.7 Å². The Balaban J connectivity index is 2.30. The van der Waals surface area contributed by atoms with Gasteiger partial charge >= 0.3 is 0 Å². The molecule has 0 radical (unpaired) electrons. The fraction of sp³-hybridized carbons (Fsp3) is 0.583. The molecule has 98 valence electrons. The van der Waals surface area contributed by atoms with E-state index in [4.69, 9.17) is 4.52 Å². The summed E-state index contributed by atoms with van der Waals surface area (Å²) < 4.78 is 5.00. The zero-order valence-corrected chi connectivity index (χ0v) is 10.8. The molecule has 6 heteroatoms. The maximum absolute atomic E-state index is 12.5. The third kappa shape index (κ3) is 1.98. The van der Waals surface area contributed by atoms with Crippen LogP contribution in [0.25, 0.3) is 0 Å². The Kier molecular flexibility index (Phi) is 3.36. The predicted molar refractivity (Wildman–Crippen MR) is 64.1 cm³/mol. The Hall–Kier alpha value is -1.85. The number of rotatable bonds is 2. The number of carbonyl (C=O) groups is 2. The SMILES string of the molecule is CCC1C(=O)NCCN1C(=O)c1c(C)noc1C. The van der Waals surface area contributed by atoms with Crippen LogP contribution in [0.2, 0.25) is 0 Å². The lowest BCUT2D eigenvalue weighted by molar-refractivity contribution is -0.127. The van der Waals surface area contributed by atoms with E-state index >= 15 is 0 Å². The second kappa shape index (κ2) is 4.80. The summed E-state index contributed by atoms with van der Waals surface area (Å²) >= 11 is 0. The van der Waals surface area contributed by atoms with Gasteiger partial charge in [0.15, 0.2) is 0 Å². The molecular weight excluding hydrogens is 234 g/mol. The van der Waals surface area contributed by atoms with Crippen LogP contribution in [0.3, 0.4) is 0 Å². The van der Waals surface area contributed by atoms with E-state index in [0.29, 0.717) is 36.5 Å². The molecule has 1 aromatic heterocycles. The summed E-state index contributed by atoms with van der Waals surface area (Å²) in [7, 11) is 0. The molecule has 18 heavy (non-hydrogen) atoms. The van der Waals surface area contributed by atoms with Crippen molar-refractivity contribution in [1.82, 2.24) is 15.4 Å². The minimum absolute atomic E-state index is 0.0936. The molecule has 0 aliphatic carbocycles. The van der Waals surface area contributed by atoms with Gasteiger partial charge in [-0.15, -0.1) is 0 Å². The lowest BCUT2D eigenvalue weighted by atomic mass is 10.1. The molecule has 0 saturated carbocycles. The van der Waals surface area contributed by atoms with Crippen LogP contribution in [-0.2, 0) is 4.79 Å². The Bertz CT molecular complexity index is 461. The lowest BCUT2D eigenvalue weighted by Gasteiger charge is -2.34. The lowest BCUT2D eigenvalue weighted by Crippen LogP contribution is -2.57. The smallest absolute Gasteiger partial charge is 0.260 e. The summed E-state index contributed by atoms with van der Waals surface area (Å²) in [5.41, 5.74) is 1.04. The van der Waals surface area contributed by atoms with Crippen LogP contribution in [0.5, 0.6) is 0 Å². The Morgan fingerprint density at radius 1 is 1.56 bits per heavy atom. The quantitative estimate of drug-likeness (QED) is 0.837. The number of aryl methyl sites for hydroxylation is 2. The maximum Gasteiger partial charge on any atom is 0.260 e. The van der Waals surface area contributed by atoms with Gasteiger partial charge in [0, 0.05) is 13.1 Å². The summed E-state index contributed by atoms with van der Waals surface area (Å²) in [4.78, 5) is 25.8. The van der Waals surface area contributed by atoms with Crippen molar-refractivity contribution in [2.75, 3.05) is 13.1 Å². The Morgan fingerprint density at radius 2 is 2.28 bits per heavy atom. The van der Waals surface area contributed by atoms with Crippen LogP contribution in [0, 0.1) is 13.8 Å². The molecule has 1 unspecified atom stereocenters. The standard InChI is InChI=1S/C12H17N3O3/c1-4-9-11(16)13-5-6-15(9)12(17)10-7(2)14-18-8(10)3/h9H,4-6H2,1-3H3,(H,13,16). The monoisotopic (exact) mass is 251 g/mol. The van der Waals surface area contributed by atoms with Gasteiger partial charge < -0.3 is 14.7 Å². The predicted octanol–water partition coefficient (Wildman–Crippen LogP) is 0.642. The molecule has 1 aliphatic heterocycles. The van der Waals surface area contributed by atoms with Crippen molar-refractivity contribution < 1.29 is 14.1 Å². The Labute approximate surface area is 105 Å². The number of carbonyl (C=O) groups excluding carboxylic acids is 2. The first-order valence-corrected chi connectivity index (χ1v) is 6.07. The number of aromatic nitrogens is 1. The normalized spacial score (nSPS) is 19.8. The van der Waals surface area contributed by atoms with Crippen molar-refractivity contribution in [1.29, 1.82) is 0 Å². The van der Waals surface area contributed by atoms with Crippen LogP contribution in [0.4, 0.5) is 0 Å². The summed E-state index contributed by atoms with van der Waals surface area (Å²) in [6.07, 6.45) is 0.598. The van der Waals surface area contributed by atoms with E-state index in [1.807, 2.05) is 6.92 Å². The van der Waals surface area contributed by atoms with Crippen LogP contribution in [0.1, 0.15) is 35.2 Å². The molecule has 6 nitrogen and oxygen atoms in total. The first-order chi connectivity index (χ1) is 8.56. The largest absolute Gasteiger partial charge is 0.361 e. The van der Waals surface area contributed by atoms with Gasteiger partial charge in [-0.1, -0.05) is 12.1 Å². The molecular formula is C12H17N3O3. The van der Waals surface area contributed by atoms with Crippen LogP contribution < -0.4 is 5.32 Å². The van der Waals surface area contributed by atoms with Gasteiger partial charge in [-0.25, -0.2) is 0 Å². The highest BCUT2D eigenvalue weighted by Crippen LogP contribution is 2.18. The van der Waals surface area contributed by atoms with Crippen LogP contribution in [-0.4, -0.2) is 41.0 Å². The molecule has 1 aromatic rings. The van der Waals surface area contributed by atoms with Gasteiger partial charge in [0.25, 0.3) is 5.91 Å². The van der Waals surface area contributed by atoms with Gasteiger partial charge in [0.2, 0.25) is 5.91 Å². The number of hydrogen-bond donors (Lipinski definition) is 1. The van der Waals surface area contributed by atoms with E-state index < -0.39 is 6.04 Å². The molecule has 1 atom stereocenters. The molecule has 1 saturated heterocycles. The van der Waals surface area contributed by atoms with E-state index in [9.17, 15) is 9.59 Å². The molecule has 1 N–H and O–H groups in total. The second-order valence-electron chi connectivity index (χ2n) is 4.41. The molecule has 2 heterocycles. The van der Waals surface area contributed by atoms with E-state index in [-0.39, 0.29) is 11.8 Å². The van der Waals surface area contributed by atoms with Gasteiger partial charge in [0.05, 0.1) is 5.69 Å². The van der Waals surface area contributed by atoms with Crippen molar-refractivity contribution in [2.45, 2.75) is 33.2 Å². The van der Waals surface area contributed by atoms with Gasteiger partial charge in [0.1, 0.15) is 17.4 Å². The molecule has 2 rings (SSSR count). The van der Waals surface area contributed by atoms with Crippen LogP contribution in [0.15, 0.2) is 4.52 Å². The van der Waals surface area contributed by atoms with Crippen LogP contribution >= 0.6 is 0 Å². The van der Waals surface area contributed by atoms with Crippen molar-refractivity contribution >= 4 is 11.8 Å². The van der Waals surface area contributed by atoms with E-state index in [1.165, 1.54) is 0 Å². The van der Waals surface area contributed by atoms with Gasteiger partial charge in [-0.3, -0.25) is 9.59 Å². The average Bonchev–Trinajstić information content (AvgIpc) is 2.68. The molecule has 2 amide bonds. The summed E-state index contributed by atoms with van der Waals surface area (Å²) in [5.74, 6) is 0.232. The fourth-order valence-electron chi connectivity index (χ4n) is 2.30. The third-order valence-electron chi connectivity index (χ3n) is 3.23. The van der Waals surface area contributed by atoms with Crippen molar-refractivity contribution in [3.63, 3.8) is 0 Å². The summed E-state index contributed by atoms with van der Waals surface area (Å²) in [5, 5.41) is 6.55. The molecule has 0 spiro atoms. The van der Waals surface area contributed by atoms with E-state index in [2.05, 4.69) is 10.5 Å². The molecule has 0 aromatic carbocycles. The fourth-order valence-corrected chi connectivity index (χ4v) is 2.30. The van der Waals surface area contributed by atoms with Crippen molar-refractivity contribution in [3.05, 3.63) is 17.0 Å². The minimum Gasteiger partial charge on any atom is -0.361 e. The second-order valence-corrected chi connectivity index (χ2v) is 4.41. The zero-order chi connectivity index (χ0) is 13.3. The van der Waals surface area contributed by atoms with Crippen molar-refractivity contribution in [2.24, 2.45) is 0 Å². The number of piperazine rings is 1. The summed E-state index contributed by atoms with van der Waals surface area (Å²) in [6.45, 7) is 6.34. The van der Waals surface area contributed by atoms with E-state index in [0.717, 1.165) is 0 Å². The molecule has 1 fully saturated rings. The molecule has 0 bridgehead atoms. The van der Waals surface area contributed by atoms with Gasteiger partial charge in [-0.05, 0) is 20.3 Å². The zero-order valence-electron chi connectivity index (χ0n) is 10.8. The van der Waals surface area contributed by atoms with Gasteiger partial charge in [-0.2, -0.15) is 0 Å².